The highest BCUT2D eigenvalue weighted by Gasteiger charge is 2.37. The highest BCUT2D eigenvalue weighted by molar-refractivity contribution is 5.97. The molecule has 208 valence electrons. The van der Waals surface area contributed by atoms with Crippen molar-refractivity contribution in [3.05, 3.63) is 41.9 Å². The fourth-order valence-electron chi connectivity index (χ4n) is 7.26. The molecule has 1 amide bonds. The average molecular weight is 533 g/mol. The van der Waals surface area contributed by atoms with Gasteiger partial charge in [0.25, 0.3) is 5.91 Å². The molecule has 9 heteroatoms. The Morgan fingerprint density at radius 3 is 2.59 bits per heavy atom. The Kier molecular flexibility index (Phi) is 7.29. The number of hydrogen-bond donors (Lipinski definition) is 3. The number of hydrogen-bond acceptors (Lipinski definition) is 7. The van der Waals surface area contributed by atoms with Crippen molar-refractivity contribution in [3.63, 3.8) is 0 Å². The van der Waals surface area contributed by atoms with Crippen LogP contribution in [0, 0.1) is 17.8 Å². The molecular formula is C30H40N6O3. The van der Waals surface area contributed by atoms with Gasteiger partial charge in [-0.25, -0.2) is 9.97 Å². The number of nitrogens with zero attached hydrogens (tertiary/aromatic N) is 5. The number of nitrogens with one attached hydrogen (secondary N) is 1. The Labute approximate surface area is 229 Å². The minimum Gasteiger partial charge on any atom is -0.393 e. The van der Waals surface area contributed by atoms with E-state index in [1.54, 1.807) is 31.4 Å². The number of amides is 1. The zero-order chi connectivity index (χ0) is 27.1. The molecule has 3 aliphatic carbocycles. The lowest BCUT2D eigenvalue weighted by Crippen LogP contribution is -2.26. The Morgan fingerprint density at radius 2 is 1.85 bits per heavy atom. The molecule has 3 saturated carbocycles. The summed E-state index contributed by atoms with van der Waals surface area (Å²) < 4.78 is 2.10. The number of rotatable bonds is 6. The molecule has 3 aromatic heterocycles. The fraction of sp³-hybridized carbons (Fsp3) is 0.600. The zero-order valence-corrected chi connectivity index (χ0v) is 23.0. The Balaban J connectivity index is 1.22. The van der Waals surface area contributed by atoms with E-state index in [2.05, 4.69) is 19.9 Å². The van der Waals surface area contributed by atoms with Crippen LogP contribution in [0.1, 0.15) is 92.4 Å². The van der Waals surface area contributed by atoms with Crippen LogP contribution in [0.5, 0.6) is 0 Å². The van der Waals surface area contributed by atoms with E-state index in [1.165, 1.54) is 0 Å². The van der Waals surface area contributed by atoms with E-state index in [1.807, 2.05) is 18.2 Å². The van der Waals surface area contributed by atoms with Crippen molar-refractivity contribution in [3.8, 4) is 0 Å². The van der Waals surface area contributed by atoms with E-state index >= 15 is 0 Å². The maximum absolute atomic E-state index is 13.0. The number of carbonyl (C=O) groups is 1. The topological polar surface area (TPSA) is 116 Å². The summed E-state index contributed by atoms with van der Waals surface area (Å²) in [6.07, 6.45) is 13.1. The molecule has 0 saturated heterocycles. The first kappa shape index (κ1) is 26.2. The van der Waals surface area contributed by atoms with Crippen LogP contribution in [0.4, 0.5) is 11.8 Å². The van der Waals surface area contributed by atoms with Crippen molar-refractivity contribution in [2.24, 2.45) is 17.8 Å². The lowest BCUT2D eigenvalue weighted by atomic mass is 9.77. The van der Waals surface area contributed by atoms with Crippen LogP contribution in [0.3, 0.4) is 0 Å². The molecule has 3 aliphatic rings. The summed E-state index contributed by atoms with van der Waals surface area (Å²) in [7, 11) is 3.55. The fourth-order valence-corrected chi connectivity index (χ4v) is 7.26. The SMILES string of the molecule is CN(C)C(=O)c1cc2cnc(Nc3ccc(C(O)C4CCC5CCC4CC(O)C5)cn3)nc2n1C1CCCC1. The summed E-state index contributed by atoms with van der Waals surface area (Å²) in [6.45, 7) is 0. The van der Waals surface area contributed by atoms with Gasteiger partial charge >= 0.3 is 0 Å². The van der Waals surface area contributed by atoms with E-state index in [4.69, 9.17) is 4.98 Å². The number of carbonyl (C=O) groups excluding carboxylic acids is 1. The molecule has 3 fully saturated rings. The maximum Gasteiger partial charge on any atom is 0.270 e. The van der Waals surface area contributed by atoms with Gasteiger partial charge in [0.15, 0.2) is 0 Å². The van der Waals surface area contributed by atoms with Gasteiger partial charge in [0.1, 0.15) is 17.2 Å². The molecule has 3 N–H and O–H groups in total. The van der Waals surface area contributed by atoms with Crippen molar-refractivity contribution in [1.29, 1.82) is 0 Å². The van der Waals surface area contributed by atoms with Crippen molar-refractivity contribution < 1.29 is 15.0 Å². The number of fused-ring (bicyclic) bond motifs is 4. The third kappa shape index (κ3) is 5.26. The van der Waals surface area contributed by atoms with Gasteiger partial charge < -0.3 is 25.0 Å². The number of pyridine rings is 1. The van der Waals surface area contributed by atoms with Gasteiger partial charge in [-0.1, -0.05) is 25.3 Å². The normalized spacial score (nSPS) is 26.4. The van der Waals surface area contributed by atoms with Gasteiger partial charge in [-0.15, -0.1) is 0 Å². The predicted molar refractivity (Wildman–Crippen MR) is 150 cm³/mol. The van der Waals surface area contributed by atoms with Gasteiger partial charge in [0.2, 0.25) is 5.95 Å². The molecule has 9 nitrogen and oxygen atoms in total. The molecule has 5 unspecified atom stereocenters. The number of aliphatic hydroxyl groups excluding tert-OH is 2. The quantitative estimate of drug-likeness (QED) is 0.409. The average Bonchev–Trinajstić information content (AvgIpc) is 3.48. The number of aliphatic hydroxyl groups is 2. The number of anilines is 2. The largest absolute Gasteiger partial charge is 0.393 e. The highest BCUT2D eigenvalue weighted by atomic mass is 16.3. The summed E-state index contributed by atoms with van der Waals surface area (Å²) in [5.74, 6) is 2.08. The minimum absolute atomic E-state index is 0.0304. The van der Waals surface area contributed by atoms with E-state index in [0.29, 0.717) is 29.3 Å². The van der Waals surface area contributed by atoms with Gasteiger partial charge in [0.05, 0.1) is 12.2 Å². The van der Waals surface area contributed by atoms with Gasteiger partial charge in [-0.05, 0) is 80.4 Å². The third-order valence-electron chi connectivity index (χ3n) is 9.30. The Hall–Kier alpha value is -3.04. The molecule has 0 spiro atoms. The molecule has 0 aromatic carbocycles. The van der Waals surface area contributed by atoms with Crippen LogP contribution in [-0.4, -0.2) is 60.7 Å². The van der Waals surface area contributed by atoms with Crippen LogP contribution in [0.25, 0.3) is 11.0 Å². The Bertz CT molecular complexity index is 1320. The lowest BCUT2D eigenvalue weighted by molar-refractivity contribution is 0.0323. The molecular weight excluding hydrogens is 492 g/mol. The van der Waals surface area contributed by atoms with Crippen LogP contribution < -0.4 is 5.32 Å². The minimum atomic E-state index is -0.587. The van der Waals surface area contributed by atoms with E-state index in [-0.39, 0.29) is 24.0 Å². The Morgan fingerprint density at radius 1 is 1.05 bits per heavy atom. The van der Waals surface area contributed by atoms with Crippen LogP contribution in [0.15, 0.2) is 30.6 Å². The summed E-state index contributed by atoms with van der Waals surface area (Å²) in [4.78, 5) is 28.5. The van der Waals surface area contributed by atoms with Gasteiger partial charge in [-0.2, -0.15) is 4.98 Å². The first-order valence-corrected chi connectivity index (χ1v) is 14.6. The van der Waals surface area contributed by atoms with Crippen molar-refractivity contribution in [2.45, 2.75) is 82.5 Å². The standard InChI is InChI=1S/C30H40N6O3/c1-35(2)29(39)25-15-21-17-32-30(34-28(21)36(25)22-5-3-4-6-22)33-26-12-10-20(16-31-26)27(38)24-11-8-18-7-9-19(24)14-23(37)13-18/h10,12,15-19,22-24,27,37-38H,3-9,11,13-14H2,1-2H3,(H,31,32,33,34). The van der Waals surface area contributed by atoms with Crippen molar-refractivity contribution in [2.75, 3.05) is 19.4 Å². The van der Waals surface area contributed by atoms with Crippen LogP contribution >= 0.6 is 0 Å². The maximum atomic E-state index is 13.0. The molecule has 3 aromatic rings. The predicted octanol–water partition coefficient (Wildman–Crippen LogP) is 5.00. The monoisotopic (exact) mass is 532 g/mol. The first-order valence-electron chi connectivity index (χ1n) is 14.6. The van der Waals surface area contributed by atoms with Gasteiger partial charge in [-0.3, -0.25) is 4.79 Å². The molecule has 0 aliphatic heterocycles. The molecule has 3 heterocycles. The third-order valence-corrected chi connectivity index (χ3v) is 9.30. The van der Waals surface area contributed by atoms with Gasteiger partial charge in [0, 0.05) is 37.9 Å². The van der Waals surface area contributed by atoms with Crippen molar-refractivity contribution >= 4 is 28.7 Å². The summed E-state index contributed by atoms with van der Waals surface area (Å²) in [5, 5.41) is 25.8. The molecule has 39 heavy (non-hydrogen) atoms. The van der Waals surface area contributed by atoms with Crippen LogP contribution in [-0.2, 0) is 0 Å². The molecule has 5 atom stereocenters. The second-order valence-corrected chi connectivity index (χ2v) is 12.1. The smallest absolute Gasteiger partial charge is 0.270 e. The van der Waals surface area contributed by atoms with E-state index in [9.17, 15) is 15.0 Å². The molecule has 2 bridgehead atoms. The van der Waals surface area contributed by atoms with E-state index < -0.39 is 6.10 Å². The zero-order valence-electron chi connectivity index (χ0n) is 23.0. The highest BCUT2D eigenvalue weighted by Crippen LogP contribution is 2.45. The summed E-state index contributed by atoms with van der Waals surface area (Å²) >= 11 is 0. The number of aromatic nitrogens is 4. The first-order chi connectivity index (χ1) is 18.9. The molecule has 0 radical (unpaired) electrons. The lowest BCUT2D eigenvalue weighted by Gasteiger charge is -2.32. The van der Waals surface area contributed by atoms with Crippen molar-refractivity contribution in [1.82, 2.24) is 24.4 Å². The molecule has 6 rings (SSSR count). The second-order valence-electron chi connectivity index (χ2n) is 12.1. The summed E-state index contributed by atoms with van der Waals surface area (Å²) in [6, 6.07) is 5.94. The van der Waals surface area contributed by atoms with E-state index in [0.717, 1.165) is 80.8 Å². The second kappa shape index (κ2) is 10.8. The summed E-state index contributed by atoms with van der Waals surface area (Å²) in [5.41, 5.74) is 2.22. The van der Waals surface area contributed by atoms with Crippen LogP contribution in [0.2, 0.25) is 0 Å².